The Balaban J connectivity index is 1.59. The summed E-state index contributed by atoms with van der Waals surface area (Å²) < 4.78 is 5.56. The Bertz CT molecular complexity index is 1080. The molecule has 1 saturated heterocycles. The molecule has 1 saturated carbocycles. The molecule has 214 valence electrons. The average molecular weight is 542 g/mol. The Kier molecular flexibility index (Phi) is 8.68. The minimum Gasteiger partial charge on any atom is -0.369 e. The number of benzene rings is 1. The first-order chi connectivity index (χ1) is 18.5. The molecule has 0 aromatic heterocycles. The van der Waals surface area contributed by atoms with Crippen LogP contribution >= 0.6 is 0 Å². The largest absolute Gasteiger partial charge is 0.369 e. The summed E-state index contributed by atoms with van der Waals surface area (Å²) in [6.45, 7) is 7.86. The summed E-state index contributed by atoms with van der Waals surface area (Å²) in [5.74, 6) is -0.902. The first-order valence-electron chi connectivity index (χ1n) is 13.9. The van der Waals surface area contributed by atoms with Crippen molar-refractivity contribution < 1.29 is 24.0 Å². The highest BCUT2D eigenvalue weighted by atomic mass is 16.7. The molecule has 2 unspecified atom stereocenters. The Hall–Kier alpha value is -2.95. The number of nitrogens with one attached hydrogen (secondary N) is 3. The number of nitrogens with zero attached hydrogens (tertiary/aromatic N) is 1. The van der Waals surface area contributed by atoms with Crippen molar-refractivity contribution in [3.8, 4) is 0 Å². The number of likely N-dealkylation sites (tertiary alicyclic amines) is 1. The van der Waals surface area contributed by atoms with Crippen LogP contribution in [-0.4, -0.2) is 72.1 Å². The summed E-state index contributed by atoms with van der Waals surface area (Å²) in [4.78, 5) is 48.0. The van der Waals surface area contributed by atoms with E-state index in [-0.39, 0.29) is 36.7 Å². The summed E-state index contributed by atoms with van der Waals surface area (Å²) in [5, 5.41) is 6.01. The second-order valence-electron chi connectivity index (χ2n) is 12.1. The van der Waals surface area contributed by atoms with Crippen LogP contribution in [0.4, 0.5) is 0 Å². The van der Waals surface area contributed by atoms with Gasteiger partial charge in [0.2, 0.25) is 11.8 Å². The van der Waals surface area contributed by atoms with Crippen molar-refractivity contribution in [3.05, 3.63) is 42.0 Å². The van der Waals surface area contributed by atoms with Crippen molar-refractivity contribution in [1.29, 1.82) is 0 Å². The molecule has 3 amide bonds. The zero-order valence-electron chi connectivity index (χ0n) is 23.7. The van der Waals surface area contributed by atoms with Gasteiger partial charge in [-0.2, -0.15) is 0 Å². The standard InChI is InChI=1S/C29H43N5O5/c1-6-10-20(23(38-5)26(36)31-19-13-14-19)32-25(35)22-16-29(17-34(22)27(37)24(30)28(2,3)4)15-21(33-39-29)18-11-8-7-9-12-18/h7-9,11-12,15,19-20,22-24,33H,6,10,13-14,16-17,30H2,1-5H3,(H,31,36)(H,32,35)/t20-,22?,23?,24+,29+/m0/s1. The van der Waals surface area contributed by atoms with E-state index in [1.165, 1.54) is 12.0 Å². The summed E-state index contributed by atoms with van der Waals surface area (Å²) in [6, 6.07) is 7.72. The molecule has 1 aliphatic carbocycles. The molecule has 2 fully saturated rings. The molecule has 10 heteroatoms. The smallest absolute Gasteiger partial charge is 0.251 e. The molecular formula is C29H43N5O5. The number of rotatable bonds is 10. The highest BCUT2D eigenvalue weighted by Gasteiger charge is 2.53. The fraction of sp³-hybridized carbons (Fsp3) is 0.621. The van der Waals surface area contributed by atoms with Crippen molar-refractivity contribution in [3.63, 3.8) is 0 Å². The zero-order chi connectivity index (χ0) is 28.4. The first-order valence-corrected chi connectivity index (χ1v) is 13.9. The van der Waals surface area contributed by atoms with E-state index in [1.54, 1.807) is 0 Å². The molecule has 1 aromatic rings. The van der Waals surface area contributed by atoms with Gasteiger partial charge in [-0.15, -0.1) is 0 Å². The summed E-state index contributed by atoms with van der Waals surface area (Å²) >= 11 is 0. The van der Waals surface area contributed by atoms with E-state index in [1.807, 2.05) is 64.1 Å². The van der Waals surface area contributed by atoms with Crippen LogP contribution in [0.5, 0.6) is 0 Å². The van der Waals surface area contributed by atoms with Gasteiger partial charge in [-0.25, -0.2) is 0 Å². The number of hydrogen-bond acceptors (Lipinski definition) is 7. The zero-order valence-corrected chi connectivity index (χ0v) is 23.7. The van der Waals surface area contributed by atoms with Gasteiger partial charge in [0.1, 0.15) is 11.6 Å². The van der Waals surface area contributed by atoms with Gasteiger partial charge in [-0.05, 0) is 36.3 Å². The van der Waals surface area contributed by atoms with E-state index in [0.717, 1.165) is 30.5 Å². The first kappa shape index (κ1) is 29.0. The predicted molar refractivity (Wildman–Crippen MR) is 148 cm³/mol. The molecule has 39 heavy (non-hydrogen) atoms. The molecule has 3 aliphatic rings. The number of carbonyl (C=O) groups is 3. The molecule has 2 heterocycles. The minimum atomic E-state index is -0.898. The highest BCUT2D eigenvalue weighted by molar-refractivity contribution is 5.92. The monoisotopic (exact) mass is 541 g/mol. The molecule has 5 atom stereocenters. The number of hydroxylamine groups is 1. The Morgan fingerprint density at radius 3 is 2.51 bits per heavy atom. The predicted octanol–water partition coefficient (Wildman–Crippen LogP) is 1.85. The Morgan fingerprint density at radius 2 is 1.92 bits per heavy atom. The Morgan fingerprint density at radius 1 is 1.23 bits per heavy atom. The van der Waals surface area contributed by atoms with Crippen LogP contribution < -0.4 is 21.8 Å². The molecule has 10 nitrogen and oxygen atoms in total. The van der Waals surface area contributed by atoms with Crippen LogP contribution in [0.25, 0.3) is 5.70 Å². The van der Waals surface area contributed by atoms with Crippen molar-refractivity contribution >= 4 is 23.4 Å². The number of methoxy groups -OCH3 is 1. The van der Waals surface area contributed by atoms with Gasteiger partial charge in [0.05, 0.1) is 24.3 Å². The van der Waals surface area contributed by atoms with Gasteiger partial charge in [-0.1, -0.05) is 64.4 Å². The van der Waals surface area contributed by atoms with Gasteiger partial charge >= 0.3 is 0 Å². The van der Waals surface area contributed by atoms with Crippen molar-refractivity contribution in [1.82, 2.24) is 21.0 Å². The maximum absolute atomic E-state index is 13.9. The van der Waals surface area contributed by atoms with E-state index in [0.29, 0.717) is 6.42 Å². The highest BCUT2D eigenvalue weighted by Crippen LogP contribution is 2.38. The maximum Gasteiger partial charge on any atom is 0.251 e. The topological polar surface area (TPSA) is 135 Å². The molecule has 4 rings (SSSR count). The third kappa shape index (κ3) is 6.62. The second-order valence-corrected chi connectivity index (χ2v) is 12.1. The second kappa shape index (κ2) is 11.7. The lowest BCUT2D eigenvalue weighted by atomic mass is 9.86. The lowest BCUT2D eigenvalue weighted by Gasteiger charge is -2.33. The van der Waals surface area contributed by atoms with Crippen LogP contribution in [0.15, 0.2) is 36.4 Å². The summed E-state index contributed by atoms with van der Waals surface area (Å²) in [5.41, 5.74) is 9.71. The number of hydrogen-bond donors (Lipinski definition) is 4. The van der Waals surface area contributed by atoms with Gasteiger partial charge < -0.3 is 26.0 Å². The molecule has 2 aliphatic heterocycles. The number of nitrogens with two attached hydrogens (primary N) is 1. The normalized spacial score (nSPS) is 25.0. The van der Waals surface area contributed by atoms with Crippen molar-refractivity contribution in [2.75, 3.05) is 13.7 Å². The SMILES string of the molecule is CCC[C@H](NC(=O)C1C[C@]2(C=C(c3ccccc3)NO2)CN1C(=O)[C@@H](N)C(C)(C)C)C(OC)C(=O)NC1CC1. The molecular weight excluding hydrogens is 498 g/mol. The van der Waals surface area contributed by atoms with E-state index in [2.05, 4.69) is 16.1 Å². The van der Waals surface area contributed by atoms with Crippen molar-refractivity contribution in [2.24, 2.45) is 11.1 Å². The van der Waals surface area contributed by atoms with Crippen LogP contribution in [-0.2, 0) is 24.0 Å². The third-order valence-electron chi connectivity index (χ3n) is 7.72. The lowest BCUT2D eigenvalue weighted by Crippen LogP contribution is -2.58. The van der Waals surface area contributed by atoms with Gasteiger partial charge in [0, 0.05) is 19.6 Å². The van der Waals surface area contributed by atoms with Crippen LogP contribution in [0, 0.1) is 5.41 Å². The number of ether oxygens (including phenoxy) is 1. The quantitative estimate of drug-likeness (QED) is 0.355. The van der Waals surface area contributed by atoms with Crippen LogP contribution in [0.3, 0.4) is 0 Å². The van der Waals surface area contributed by atoms with Crippen LogP contribution in [0.1, 0.15) is 65.4 Å². The van der Waals surface area contributed by atoms with E-state index < -0.39 is 35.2 Å². The minimum absolute atomic E-state index is 0.172. The van der Waals surface area contributed by atoms with E-state index >= 15 is 0 Å². The van der Waals surface area contributed by atoms with Gasteiger partial charge in [-0.3, -0.25) is 24.7 Å². The van der Waals surface area contributed by atoms with Gasteiger partial charge in [0.25, 0.3) is 5.91 Å². The average Bonchev–Trinajstić information content (AvgIpc) is 3.49. The molecule has 1 aromatic carbocycles. The van der Waals surface area contributed by atoms with Crippen molar-refractivity contribution in [2.45, 2.75) is 95.7 Å². The third-order valence-corrected chi connectivity index (χ3v) is 7.72. The van der Waals surface area contributed by atoms with Gasteiger partial charge in [0.15, 0.2) is 6.10 Å². The number of carbonyl (C=O) groups excluding carboxylic acids is 3. The maximum atomic E-state index is 13.9. The fourth-order valence-electron chi connectivity index (χ4n) is 5.19. The molecule has 5 N–H and O–H groups in total. The molecule has 0 radical (unpaired) electrons. The fourth-order valence-corrected chi connectivity index (χ4v) is 5.19. The van der Waals surface area contributed by atoms with E-state index in [9.17, 15) is 14.4 Å². The Labute approximate surface area is 231 Å². The summed E-state index contributed by atoms with van der Waals surface area (Å²) in [6.07, 6.45) is 4.55. The number of amides is 3. The van der Waals surface area contributed by atoms with Crippen LogP contribution in [0.2, 0.25) is 0 Å². The molecule has 1 spiro atoms. The molecule has 0 bridgehead atoms. The summed E-state index contributed by atoms with van der Waals surface area (Å²) in [7, 11) is 1.47. The van der Waals surface area contributed by atoms with E-state index in [4.69, 9.17) is 15.3 Å². The lowest BCUT2D eigenvalue weighted by molar-refractivity contribution is -0.143.